The first-order valence-electron chi connectivity index (χ1n) is 8.77. The smallest absolute Gasteiger partial charge is 0.274 e. The normalized spacial score (nSPS) is 11.2. The number of aromatic nitrogens is 6. The predicted molar refractivity (Wildman–Crippen MR) is 101 cm³/mol. The van der Waals surface area contributed by atoms with Crippen LogP contribution in [0.5, 0.6) is 0 Å². The molecular weight excluding hydrogens is 342 g/mol. The number of H-pyrrole nitrogens is 1. The van der Waals surface area contributed by atoms with Crippen molar-refractivity contribution in [2.45, 2.75) is 13.0 Å². The van der Waals surface area contributed by atoms with Gasteiger partial charge in [0.2, 0.25) is 0 Å². The summed E-state index contributed by atoms with van der Waals surface area (Å²) < 4.78 is 3.79. The molecule has 0 radical (unpaired) electrons. The summed E-state index contributed by atoms with van der Waals surface area (Å²) in [6.45, 7) is 1.19. The second-order valence-electron chi connectivity index (χ2n) is 6.64. The van der Waals surface area contributed by atoms with Crippen LogP contribution in [-0.4, -0.2) is 53.9 Å². The van der Waals surface area contributed by atoms with Gasteiger partial charge in [-0.3, -0.25) is 14.6 Å². The van der Waals surface area contributed by atoms with Crippen molar-refractivity contribution in [3.05, 3.63) is 66.0 Å². The first-order valence-corrected chi connectivity index (χ1v) is 8.77. The number of benzene rings is 1. The Kier molecular flexibility index (Phi) is 4.45. The fourth-order valence-corrected chi connectivity index (χ4v) is 3.07. The SMILES string of the molecule is CN(CCc1cnn(C)c1)C(=O)c1cc(Cn2cnc3ccccc32)[nH]n1. The standard InChI is InChI=1S/C19H21N7O/c1-24(8-7-14-10-21-25(2)11-14)19(27)17-9-15(22-23-17)12-26-13-20-16-5-3-4-6-18(16)26/h3-6,9-11,13H,7-8,12H2,1-2H3,(H,22,23). The van der Waals surface area contributed by atoms with Gasteiger partial charge in [0.25, 0.3) is 5.91 Å². The molecule has 0 spiro atoms. The van der Waals surface area contributed by atoms with Crippen molar-refractivity contribution in [1.82, 2.24) is 34.4 Å². The van der Waals surface area contributed by atoms with Crippen molar-refractivity contribution in [2.24, 2.45) is 7.05 Å². The molecule has 0 aliphatic carbocycles. The van der Waals surface area contributed by atoms with Crippen LogP contribution in [0.3, 0.4) is 0 Å². The molecule has 3 heterocycles. The monoisotopic (exact) mass is 363 g/mol. The summed E-state index contributed by atoms with van der Waals surface area (Å²) in [5, 5.41) is 11.3. The minimum atomic E-state index is -0.100. The molecule has 0 saturated carbocycles. The lowest BCUT2D eigenvalue weighted by molar-refractivity contribution is 0.0791. The van der Waals surface area contributed by atoms with Crippen LogP contribution in [0.25, 0.3) is 11.0 Å². The largest absolute Gasteiger partial charge is 0.340 e. The summed E-state index contributed by atoms with van der Waals surface area (Å²) in [6, 6.07) is 9.76. The van der Waals surface area contributed by atoms with E-state index in [1.54, 1.807) is 29.0 Å². The van der Waals surface area contributed by atoms with Gasteiger partial charge in [0.1, 0.15) is 5.69 Å². The fourth-order valence-electron chi connectivity index (χ4n) is 3.07. The van der Waals surface area contributed by atoms with Gasteiger partial charge in [-0.05, 0) is 30.2 Å². The molecule has 4 aromatic rings. The van der Waals surface area contributed by atoms with Crippen molar-refractivity contribution >= 4 is 16.9 Å². The predicted octanol–water partition coefficient (Wildman–Crippen LogP) is 1.86. The molecule has 1 aromatic carbocycles. The van der Waals surface area contributed by atoms with Gasteiger partial charge in [-0.15, -0.1) is 0 Å². The Labute approximate surface area is 156 Å². The van der Waals surface area contributed by atoms with Gasteiger partial charge in [0.15, 0.2) is 0 Å². The number of imidazole rings is 1. The van der Waals surface area contributed by atoms with Crippen LogP contribution in [0, 0.1) is 0 Å². The molecule has 3 aromatic heterocycles. The first-order chi connectivity index (χ1) is 13.1. The zero-order valence-corrected chi connectivity index (χ0v) is 15.3. The van der Waals surface area contributed by atoms with Crippen molar-refractivity contribution in [3.63, 3.8) is 0 Å². The highest BCUT2D eigenvalue weighted by Crippen LogP contribution is 2.14. The summed E-state index contributed by atoms with van der Waals surface area (Å²) in [4.78, 5) is 18.7. The number of rotatable bonds is 6. The van der Waals surface area contributed by atoms with E-state index < -0.39 is 0 Å². The molecule has 138 valence electrons. The average Bonchev–Trinajstić information content (AvgIpc) is 3.40. The number of hydrogen-bond donors (Lipinski definition) is 1. The Morgan fingerprint density at radius 1 is 1.30 bits per heavy atom. The zero-order chi connectivity index (χ0) is 18.8. The van der Waals surface area contributed by atoms with Crippen molar-refractivity contribution in [2.75, 3.05) is 13.6 Å². The molecule has 8 heteroatoms. The topological polar surface area (TPSA) is 84.6 Å². The van der Waals surface area contributed by atoms with Crippen LogP contribution < -0.4 is 0 Å². The minimum absolute atomic E-state index is 0.100. The second kappa shape index (κ2) is 7.06. The van der Waals surface area contributed by atoms with Crippen LogP contribution in [0.1, 0.15) is 21.7 Å². The summed E-state index contributed by atoms with van der Waals surface area (Å²) in [6.07, 6.45) is 6.34. The third-order valence-corrected chi connectivity index (χ3v) is 4.56. The number of para-hydroxylation sites is 2. The maximum absolute atomic E-state index is 12.6. The molecule has 1 N–H and O–H groups in total. The Bertz CT molecular complexity index is 1070. The van der Waals surface area contributed by atoms with E-state index in [0.29, 0.717) is 18.8 Å². The van der Waals surface area contributed by atoms with Gasteiger partial charge >= 0.3 is 0 Å². The number of aryl methyl sites for hydroxylation is 1. The van der Waals surface area contributed by atoms with E-state index in [4.69, 9.17) is 0 Å². The number of aromatic amines is 1. The number of fused-ring (bicyclic) bond motifs is 1. The highest BCUT2D eigenvalue weighted by molar-refractivity contribution is 5.92. The van der Waals surface area contributed by atoms with E-state index in [-0.39, 0.29) is 5.91 Å². The maximum atomic E-state index is 12.6. The van der Waals surface area contributed by atoms with Gasteiger partial charge in [0.05, 0.1) is 35.8 Å². The van der Waals surface area contributed by atoms with Gasteiger partial charge in [-0.25, -0.2) is 4.98 Å². The van der Waals surface area contributed by atoms with Gasteiger partial charge in [0, 0.05) is 26.8 Å². The van der Waals surface area contributed by atoms with E-state index in [9.17, 15) is 4.79 Å². The summed E-state index contributed by atoms with van der Waals surface area (Å²) in [5.74, 6) is -0.100. The molecule has 8 nitrogen and oxygen atoms in total. The number of hydrogen-bond acceptors (Lipinski definition) is 4. The molecule has 1 amide bonds. The first kappa shape index (κ1) is 17.0. The molecular formula is C19H21N7O. The lowest BCUT2D eigenvalue weighted by atomic mass is 10.2. The van der Waals surface area contributed by atoms with Gasteiger partial charge in [-0.2, -0.15) is 10.2 Å². The number of nitrogens with one attached hydrogen (secondary N) is 1. The van der Waals surface area contributed by atoms with Crippen LogP contribution >= 0.6 is 0 Å². The quantitative estimate of drug-likeness (QED) is 0.567. The van der Waals surface area contributed by atoms with E-state index in [2.05, 4.69) is 20.3 Å². The van der Waals surface area contributed by atoms with E-state index in [1.165, 1.54) is 0 Å². The Balaban J connectivity index is 1.41. The number of likely N-dealkylation sites (N-methyl/N-ethyl adjacent to an activating group) is 1. The van der Waals surface area contributed by atoms with Crippen molar-refractivity contribution in [1.29, 1.82) is 0 Å². The second-order valence-corrected chi connectivity index (χ2v) is 6.64. The molecule has 0 bridgehead atoms. The molecule has 0 atom stereocenters. The van der Waals surface area contributed by atoms with Crippen LogP contribution in [-0.2, 0) is 20.0 Å². The Hall–Kier alpha value is -3.42. The number of carbonyl (C=O) groups is 1. The lowest BCUT2D eigenvalue weighted by Gasteiger charge is -2.14. The van der Waals surface area contributed by atoms with E-state index in [1.807, 2.05) is 48.3 Å². The van der Waals surface area contributed by atoms with Crippen molar-refractivity contribution < 1.29 is 4.79 Å². The maximum Gasteiger partial charge on any atom is 0.274 e. The lowest BCUT2D eigenvalue weighted by Crippen LogP contribution is -2.29. The summed E-state index contributed by atoms with van der Waals surface area (Å²) >= 11 is 0. The zero-order valence-electron chi connectivity index (χ0n) is 15.3. The molecule has 0 unspecified atom stereocenters. The summed E-state index contributed by atoms with van der Waals surface area (Å²) in [5.41, 5.74) is 4.38. The summed E-state index contributed by atoms with van der Waals surface area (Å²) in [7, 11) is 3.67. The van der Waals surface area contributed by atoms with Crippen LogP contribution in [0.15, 0.2) is 49.1 Å². The highest BCUT2D eigenvalue weighted by Gasteiger charge is 2.16. The molecule has 0 aliphatic rings. The van der Waals surface area contributed by atoms with E-state index >= 15 is 0 Å². The van der Waals surface area contributed by atoms with Gasteiger partial charge in [-0.1, -0.05) is 12.1 Å². The number of amides is 1. The highest BCUT2D eigenvalue weighted by atomic mass is 16.2. The fraction of sp³-hybridized carbons (Fsp3) is 0.263. The number of carbonyl (C=O) groups excluding carboxylic acids is 1. The van der Waals surface area contributed by atoms with E-state index in [0.717, 1.165) is 28.7 Å². The third kappa shape index (κ3) is 3.59. The Morgan fingerprint density at radius 3 is 2.96 bits per heavy atom. The molecule has 0 saturated heterocycles. The molecule has 4 rings (SSSR count). The number of nitrogens with zero attached hydrogens (tertiary/aromatic N) is 6. The van der Waals surface area contributed by atoms with Crippen LogP contribution in [0.4, 0.5) is 0 Å². The molecule has 0 fully saturated rings. The minimum Gasteiger partial charge on any atom is -0.340 e. The average molecular weight is 363 g/mol. The van der Waals surface area contributed by atoms with Crippen molar-refractivity contribution in [3.8, 4) is 0 Å². The molecule has 27 heavy (non-hydrogen) atoms. The third-order valence-electron chi connectivity index (χ3n) is 4.56. The van der Waals surface area contributed by atoms with Crippen LogP contribution in [0.2, 0.25) is 0 Å². The Morgan fingerprint density at radius 2 is 2.15 bits per heavy atom. The van der Waals surface area contributed by atoms with Gasteiger partial charge < -0.3 is 9.47 Å². The molecule has 0 aliphatic heterocycles.